The number of fused-ring (bicyclic) bond motifs is 1. The molecule has 14 heavy (non-hydrogen) atoms. The van der Waals surface area contributed by atoms with Crippen molar-refractivity contribution in [2.75, 3.05) is 23.9 Å². The summed E-state index contributed by atoms with van der Waals surface area (Å²) in [5, 5.41) is 9.08. The van der Waals surface area contributed by atoms with E-state index in [1.807, 2.05) is 6.07 Å². The Bertz CT molecular complexity index is 343. The number of nitrogens with zero attached hydrogens (tertiary/aromatic N) is 1. The maximum Gasteiger partial charge on any atom is 0.115 e. The Morgan fingerprint density at radius 3 is 2.71 bits per heavy atom. The van der Waals surface area contributed by atoms with E-state index in [0.29, 0.717) is 17.2 Å². The maximum atomic E-state index is 9.77. The van der Waals surface area contributed by atoms with E-state index in [0.717, 1.165) is 5.69 Å². The summed E-state index contributed by atoms with van der Waals surface area (Å²) in [6.07, 6.45) is 0. The Labute approximate surface area is 84.1 Å². The number of aliphatic hydroxyl groups excluding tert-OH is 1. The minimum atomic E-state index is -2.64. The number of anilines is 1. The highest BCUT2D eigenvalue weighted by molar-refractivity contribution is 8.24. The van der Waals surface area contributed by atoms with Crippen molar-refractivity contribution in [3.05, 3.63) is 24.3 Å². The van der Waals surface area contributed by atoms with E-state index in [4.69, 9.17) is 5.11 Å². The van der Waals surface area contributed by atoms with E-state index >= 15 is 0 Å². The first kappa shape index (κ1) is 9.79. The lowest BCUT2D eigenvalue weighted by atomic mass is 10.3. The van der Waals surface area contributed by atoms with Gasteiger partial charge >= 0.3 is 0 Å². The van der Waals surface area contributed by atoms with Crippen LogP contribution in [0.2, 0.25) is 0 Å². The van der Waals surface area contributed by atoms with Gasteiger partial charge in [-0.1, -0.05) is 12.1 Å². The average Bonchev–Trinajstić information content (AvgIpc) is 2.18. The van der Waals surface area contributed by atoms with E-state index in [-0.39, 0.29) is 6.73 Å². The highest BCUT2D eigenvalue weighted by Gasteiger charge is 2.27. The topological polar surface area (TPSA) is 63.9 Å². The lowest BCUT2D eigenvalue weighted by molar-refractivity contribution is 0.290. The molecule has 1 aliphatic heterocycles. The van der Waals surface area contributed by atoms with Gasteiger partial charge in [0.2, 0.25) is 0 Å². The van der Waals surface area contributed by atoms with Gasteiger partial charge in [-0.25, -0.2) is 0 Å². The third-order valence-corrected chi connectivity index (χ3v) is 4.18. The molecule has 5 heteroatoms. The first-order valence-electron chi connectivity index (χ1n) is 4.36. The zero-order chi connectivity index (χ0) is 10.2. The van der Waals surface area contributed by atoms with Gasteiger partial charge in [0.25, 0.3) is 0 Å². The smallest absolute Gasteiger partial charge is 0.115 e. The van der Waals surface area contributed by atoms with Crippen LogP contribution in [-0.2, 0) is 0 Å². The predicted octanol–water partition coefficient (Wildman–Crippen LogP) is 1.57. The Hall–Kier alpha value is -0.750. The van der Waals surface area contributed by atoms with Gasteiger partial charge in [-0.15, -0.1) is 0 Å². The highest BCUT2D eigenvalue weighted by atomic mass is 32.3. The van der Waals surface area contributed by atoms with Crippen LogP contribution < -0.4 is 4.90 Å². The highest BCUT2D eigenvalue weighted by Crippen LogP contribution is 2.54. The van der Waals surface area contributed by atoms with Gasteiger partial charge < -0.3 is 10.0 Å². The van der Waals surface area contributed by atoms with Crippen LogP contribution in [0.5, 0.6) is 0 Å². The zero-order valence-corrected chi connectivity index (χ0v) is 8.44. The first-order chi connectivity index (χ1) is 6.65. The molecule has 4 nitrogen and oxygen atoms in total. The van der Waals surface area contributed by atoms with E-state index in [9.17, 15) is 9.11 Å². The molecule has 2 rings (SSSR count). The summed E-state index contributed by atoms with van der Waals surface area (Å²) in [7, 11) is -2.64. The number of hydrogen-bond acceptors (Lipinski definition) is 4. The van der Waals surface area contributed by atoms with Crippen LogP contribution in [0, 0.1) is 0 Å². The van der Waals surface area contributed by atoms with Crippen LogP contribution in [-0.4, -0.2) is 33.2 Å². The molecule has 0 saturated carbocycles. The third-order valence-electron chi connectivity index (χ3n) is 2.37. The molecule has 0 unspecified atom stereocenters. The van der Waals surface area contributed by atoms with E-state index < -0.39 is 10.6 Å². The Morgan fingerprint density at radius 2 is 2.00 bits per heavy atom. The molecule has 0 aromatic heterocycles. The second kappa shape index (κ2) is 3.43. The van der Waals surface area contributed by atoms with Crippen LogP contribution >= 0.6 is 10.6 Å². The van der Waals surface area contributed by atoms with Crippen molar-refractivity contribution in [3.8, 4) is 0 Å². The van der Waals surface area contributed by atoms with Crippen molar-refractivity contribution in [3.63, 3.8) is 0 Å². The van der Waals surface area contributed by atoms with E-state index in [1.165, 1.54) is 0 Å². The SMILES string of the molecule is OCN1CCS(O)(O)c2ccccc21. The zero-order valence-electron chi connectivity index (χ0n) is 7.63. The molecule has 0 saturated heterocycles. The van der Waals surface area contributed by atoms with E-state index in [1.54, 1.807) is 23.1 Å². The average molecular weight is 215 g/mol. The summed E-state index contributed by atoms with van der Waals surface area (Å²) in [6.45, 7) is 0.391. The van der Waals surface area contributed by atoms with Gasteiger partial charge in [0.05, 0.1) is 16.3 Å². The molecular formula is C9H13NO3S. The molecule has 0 aliphatic carbocycles. The molecule has 0 spiro atoms. The van der Waals surface area contributed by atoms with Crippen LogP contribution in [0.25, 0.3) is 0 Å². The number of benzene rings is 1. The van der Waals surface area contributed by atoms with Crippen molar-refractivity contribution >= 4 is 16.3 Å². The van der Waals surface area contributed by atoms with Crippen molar-refractivity contribution in [2.45, 2.75) is 4.90 Å². The Balaban J connectivity index is 2.49. The molecule has 78 valence electrons. The fourth-order valence-electron chi connectivity index (χ4n) is 1.61. The largest absolute Gasteiger partial charge is 0.376 e. The van der Waals surface area contributed by atoms with E-state index in [2.05, 4.69) is 0 Å². The van der Waals surface area contributed by atoms with Gasteiger partial charge in [0.15, 0.2) is 0 Å². The summed E-state index contributed by atoms with van der Waals surface area (Å²) in [5.74, 6) is 0.296. The van der Waals surface area contributed by atoms with Gasteiger partial charge in [-0.2, -0.15) is 10.6 Å². The van der Waals surface area contributed by atoms with Crippen LogP contribution in [0.15, 0.2) is 29.2 Å². The molecule has 0 atom stereocenters. The lowest BCUT2D eigenvalue weighted by Gasteiger charge is -2.42. The molecule has 1 heterocycles. The van der Waals surface area contributed by atoms with Crippen molar-refractivity contribution < 1.29 is 14.2 Å². The van der Waals surface area contributed by atoms with Crippen LogP contribution in [0.1, 0.15) is 0 Å². The molecule has 0 fully saturated rings. The van der Waals surface area contributed by atoms with Crippen molar-refractivity contribution in [2.24, 2.45) is 0 Å². The third kappa shape index (κ3) is 1.48. The number of rotatable bonds is 1. The minimum Gasteiger partial charge on any atom is -0.376 e. The van der Waals surface area contributed by atoms with Gasteiger partial charge in [0, 0.05) is 6.54 Å². The fraction of sp³-hybridized carbons (Fsp3) is 0.333. The molecule has 0 amide bonds. The summed E-state index contributed by atoms with van der Waals surface area (Å²) in [6, 6.07) is 7.08. The predicted molar refractivity (Wildman–Crippen MR) is 56.9 cm³/mol. The maximum absolute atomic E-state index is 9.77. The lowest BCUT2D eigenvalue weighted by Crippen LogP contribution is -2.34. The second-order valence-electron chi connectivity index (χ2n) is 3.24. The molecule has 3 N–H and O–H groups in total. The van der Waals surface area contributed by atoms with Gasteiger partial charge in [-0.05, 0) is 12.1 Å². The van der Waals surface area contributed by atoms with Crippen molar-refractivity contribution in [1.82, 2.24) is 0 Å². The molecule has 1 aliphatic rings. The van der Waals surface area contributed by atoms with Crippen LogP contribution in [0.4, 0.5) is 5.69 Å². The number of para-hydroxylation sites is 1. The van der Waals surface area contributed by atoms with Crippen LogP contribution in [0.3, 0.4) is 0 Å². The van der Waals surface area contributed by atoms with Gasteiger partial charge in [-0.3, -0.25) is 9.11 Å². The molecule has 1 aromatic carbocycles. The number of hydrogen-bond donors (Lipinski definition) is 3. The Morgan fingerprint density at radius 1 is 1.29 bits per heavy atom. The Kier molecular flexibility index (Phi) is 2.40. The molecule has 0 bridgehead atoms. The molecular weight excluding hydrogens is 202 g/mol. The molecule has 0 radical (unpaired) electrons. The fourth-order valence-corrected chi connectivity index (χ4v) is 3.13. The molecule has 1 aromatic rings. The summed E-state index contributed by atoms with van der Waals surface area (Å²) in [5.41, 5.74) is 0.723. The summed E-state index contributed by atoms with van der Waals surface area (Å²) >= 11 is 0. The monoisotopic (exact) mass is 215 g/mol. The normalized spacial score (nSPS) is 21.5. The standard InChI is InChI=1S/C9H13NO3S/c11-7-10-5-6-14(12,13)9-4-2-1-3-8(9)10/h1-4,11-13H,5-7H2. The second-order valence-corrected chi connectivity index (χ2v) is 5.43. The van der Waals surface area contributed by atoms with Crippen molar-refractivity contribution in [1.29, 1.82) is 0 Å². The first-order valence-corrected chi connectivity index (χ1v) is 6.07. The minimum absolute atomic E-state index is 0.0907. The van der Waals surface area contributed by atoms with Gasteiger partial charge in [0.1, 0.15) is 6.73 Å². The quantitative estimate of drug-likeness (QED) is 0.665. The summed E-state index contributed by atoms with van der Waals surface area (Å²) in [4.78, 5) is 2.27. The number of aliphatic hydroxyl groups is 1. The summed E-state index contributed by atoms with van der Waals surface area (Å²) < 4.78 is 19.5.